The van der Waals surface area contributed by atoms with Gasteiger partial charge in [0.2, 0.25) is 5.91 Å². The minimum absolute atomic E-state index is 0.0105. The highest BCUT2D eigenvalue weighted by Crippen LogP contribution is 2.25. The molecule has 1 aromatic heterocycles. The first-order chi connectivity index (χ1) is 14.5. The van der Waals surface area contributed by atoms with E-state index < -0.39 is 0 Å². The summed E-state index contributed by atoms with van der Waals surface area (Å²) < 4.78 is 29.7. The Balaban J connectivity index is 1.34. The van der Waals surface area contributed by atoms with Gasteiger partial charge in [-0.05, 0) is 24.3 Å². The molecule has 6 nitrogen and oxygen atoms in total. The first-order valence-corrected chi connectivity index (χ1v) is 10.6. The molecule has 30 heavy (non-hydrogen) atoms. The summed E-state index contributed by atoms with van der Waals surface area (Å²) in [5, 5.41) is 8.72. The standard InChI is InChI=1S/C21H21F2N5OS/c1-26-20(15-6-2-3-7-16(15)22)24-25-21(26)30-14-19(29)28-12-10-27(11-13-28)18-9-5-4-8-17(18)23/h2-9H,10-14H2,1H3. The summed E-state index contributed by atoms with van der Waals surface area (Å²) >= 11 is 1.27. The number of benzene rings is 2. The Labute approximate surface area is 177 Å². The van der Waals surface area contributed by atoms with Crippen molar-refractivity contribution < 1.29 is 13.6 Å². The lowest BCUT2D eigenvalue weighted by molar-refractivity contribution is -0.128. The summed E-state index contributed by atoms with van der Waals surface area (Å²) in [5.41, 5.74) is 0.939. The number of nitrogens with zero attached hydrogens (tertiary/aromatic N) is 5. The van der Waals surface area contributed by atoms with Gasteiger partial charge in [-0.25, -0.2) is 8.78 Å². The van der Waals surface area contributed by atoms with Crippen LogP contribution in [0.5, 0.6) is 0 Å². The third-order valence-corrected chi connectivity index (χ3v) is 6.10. The highest BCUT2D eigenvalue weighted by Gasteiger charge is 2.23. The average Bonchev–Trinajstić information content (AvgIpc) is 3.13. The topological polar surface area (TPSA) is 54.3 Å². The maximum absolute atomic E-state index is 14.0. The van der Waals surface area contributed by atoms with Crippen molar-refractivity contribution >= 4 is 23.4 Å². The molecule has 1 amide bonds. The Bertz CT molecular complexity index is 1050. The lowest BCUT2D eigenvalue weighted by Gasteiger charge is -2.36. The summed E-state index contributed by atoms with van der Waals surface area (Å²) in [6, 6.07) is 13.1. The number of halogens is 2. The Kier molecular flexibility index (Phi) is 5.98. The average molecular weight is 429 g/mol. The zero-order valence-electron chi connectivity index (χ0n) is 16.5. The monoisotopic (exact) mass is 429 g/mol. The second-order valence-electron chi connectivity index (χ2n) is 6.95. The van der Waals surface area contributed by atoms with Gasteiger partial charge in [-0.3, -0.25) is 4.79 Å². The minimum Gasteiger partial charge on any atom is -0.366 e. The number of carbonyl (C=O) groups excluding carboxylic acids is 1. The molecule has 156 valence electrons. The van der Waals surface area contributed by atoms with Crippen molar-refractivity contribution in [2.24, 2.45) is 7.05 Å². The molecule has 2 aromatic carbocycles. The van der Waals surface area contributed by atoms with Crippen molar-refractivity contribution in [3.8, 4) is 11.4 Å². The zero-order valence-corrected chi connectivity index (χ0v) is 17.3. The molecular formula is C21H21F2N5OS. The van der Waals surface area contributed by atoms with E-state index in [2.05, 4.69) is 10.2 Å². The molecule has 1 aliphatic heterocycles. The van der Waals surface area contributed by atoms with Gasteiger partial charge in [0.15, 0.2) is 11.0 Å². The molecule has 0 saturated carbocycles. The fourth-order valence-corrected chi connectivity index (χ4v) is 4.25. The van der Waals surface area contributed by atoms with Crippen LogP contribution in [0.4, 0.5) is 14.5 Å². The molecule has 0 atom stereocenters. The quantitative estimate of drug-likeness (QED) is 0.583. The van der Waals surface area contributed by atoms with Gasteiger partial charge >= 0.3 is 0 Å². The molecule has 2 heterocycles. The molecule has 0 bridgehead atoms. The van der Waals surface area contributed by atoms with E-state index in [4.69, 9.17) is 0 Å². The number of piperazine rings is 1. The van der Waals surface area contributed by atoms with Crippen molar-refractivity contribution in [1.29, 1.82) is 0 Å². The smallest absolute Gasteiger partial charge is 0.233 e. The maximum Gasteiger partial charge on any atom is 0.233 e. The van der Waals surface area contributed by atoms with E-state index in [1.165, 1.54) is 23.9 Å². The predicted octanol–water partition coefficient (Wildman–Crippen LogP) is 3.20. The number of para-hydroxylation sites is 1. The largest absolute Gasteiger partial charge is 0.366 e. The van der Waals surface area contributed by atoms with E-state index in [0.29, 0.717) is 48.4 Å². The predicted molar refractivity (Wildman–Crippen MR) is 112 cm³/mol. The Morgan fingerprint density at radius 3 is 2.33 bits per heavy atom. The normalized spacial score (nSPS) is 14.2. The lowest BCUT2D eigenvalue weighted by Crippen LogP contribution is -2.49. The molecule has 1 saturated heterocycles. The maximum atomic E-state index is 14.0. The molecule has 0 unspecified atom stereocenters. The third kappa shape index (κ3) is 4.16. The van der Waals surface area contributed by atoms with E-state index in [1.54, 1.807) is 46.8 Å². The summed E-state index contributed by atoms with van der Waals surface area (Å²) in [7, 11) is 1.75. The number of hydrogen-bond donors (Lipinski definition) is 0. The molecule has 1 aliphatic rings. The molecular weight excluding hydrogens is 408 g/mol. The molecule has 0 radical (unpaired) electrons. The number of aromatic nitrogens is 3. The first-order valence-electron chi connectivity index (χ1n) is 9.59. The Morgan fingerprint density at radius 1 is 0.967 bits per heavy atom. The van der Waals surface area contributed by atoms with Crippen molar-refractivity contribution in [2.45, 2.75) is 5.16 Å². The number of anilines is 1. The second kappa shape index (κ2) is 8.83. The highest BCUT2D eigenvalue weighted by molar-refractivity contribution is 7.99. The van der Waals surface area contributed by atoms with Gasteiger partial charge in [0, 0.05) is 33.2 Å². The van der Waals surface area contributed by atoms with Crippen LogP contribution in [0.1, 0.15) is 0 Å². The van der Waals surface area contributed by atoms with Crippen LogP contribution in [0.3, 0.4) is 0 Å². The van der Waals surface area contributed by atoms with Crippen LogP contribution in [0.25, 0.3) is 11.4 Å². The van der Waals surface area contributed by atoms with Gasteiger partial charge in [0.25, 0.3) is 0 Å². The van der Waals surface area contributed by atoms with E-state index in [9.17, 15) is 13.6 Å². The first kappa shape index (κ1) is 20.3. The van der Waals surface area contributed by atoms with Crippen LogP contribution in [0, 0.1) is 11.6 Å². The van der Waals surface area contributed by atoms with Crippen molar-refractivity contribution in [3.05, 3.63) is 60.2 Å². The summed E-state index contributed by atoms with van der Waals surface area (Å²) in [6.07, 6.45) is 0. The molecule has 4 rings (SSSR count). The van der Waals surface area contributed by atoms with Gasteiger partial charge in [0.05, 0.1) is 17.0 Å². The van der Waals surface area contributed by atoms with Gasteiger partial charge in [-0.2, -0.15) is 0 Å². The van der Waals surface area contributed by atoms with Crippen LogP contribution in [0.15, 0.2) is 53.7 Å². The number of amides is 1. The molecule has 1 fully saturated rings. The van der Waals surface area contributed by atoms with E-state index in [0.717, 1.165) is 0 Å². The number of thioether (sulfide) groups is 1. The van der Waals surface area contributed by atoms with E-state index >= 15 is 0 Å². The Morgan fingerprint density at radius 2 is 1.63 bits per heavy atom. The number of rotatable bonds is 5. The Hall–Kier alpha value is -2.94. The van der Waals surface area contributed by atoms with Crippen molar-refractivity contribution in [2.75, 3.05) is 36.8 Å². The van der Waals surface area contributed by atoms with Crippen molar-refractivity contribution in [1.82, 2.24) is 19.7 Å². The summed E-state index contributed by atoms with van der Waals surface area (Å²) in [6.45, 7) is 2.23. The fraction of sp³-hybridized carbons (Fsp3) is 0.286. The van der Waals surface area contributed by atoms with Crippen LogP contribution >= 0.6 is 11.8 Å². The molecule has 0 aliphatic carbocycles. The molecule has 0 N–H and O–H groups in total. The van der Waals surface area contributed by atoms with Crippen LogP contribution in [-0.4, -0.2) is 57.5 Å². The second-order valence-corrected chi connectivity index (χ2v) is 7.90. The zero-order chi connectivity index (χ0) is 21.1. The van der Waals surface area contributed by atoms with Crippen LogP contribution in [0.2, 0.25) is 0 Å². The highest BCUT2D eigenvalue weighted by atomic mass is 32.2. The fourth-order valence-electron chi connectivity index (χ4n) is 3.44. The third-order valence-electron chi connectivity index (χ3n) is 5.10. The lowest BCUT2D eigenvalue weighted by atomic mass is 10.2. The number of hydrogen-bond acceptors (Lipinski definition) is 5. The summed E-state index contributed by atoms with van der Waals surface area (Å²) in [4.78, 5) is 16.3. The van der Waals surface area contributed by atoms with E-state index in [-0.39, 0.29) is 23.3 Å². The van der Waals surface area contributed by atoms with Gasteiger partial charge in [-0.15, -0.1) is 10.2 Å². The molecule has 3 aromatic rings. The van der Waals surface area contributed by atoms with Crippen LogP contribution in [-0.2, 0) is 11.8 Å². The minimum atomic E-state index is -0.367. The van der Waals surface area contributed by atoms with Crippen LogP contribution < -0.4 is 4.90 Å². The van der Waals surface area contributed by atoms with Gasteiger partial charge in [-0.1, -0.05) is 36.0 Å². The van der Waals surface area contributed by atoms with Crippen molar-refractivity contribution in [3.63, 3.8) is 0 Å². The molecule has 9 heteroatoms. The summed E-state index contributed by atoms with van der Waals surface area (Å²) in [5.74, 6) is 0.00227. The van der Waals surface area contributed by atoms with E-state index in [1.807, 2.05) is 11.0 Å². The number of carbonyl (C=O) groups is 1. The van der Waals surface area contributed by atoms with Gasteiger partial charge < -0.3 is 14.4 Å². The van der Waals surface area contributed by atoms with Gasteiger partial charge in [0.1, 0.15) is 11.6 Å². The SMILES string of the molecule is Cn1c(SCC(=O)N2CCN(c3ccccc3F)CC2)nnc1-c1ccccc1F. The molecule has 0 spiro atoms.